The van der Waals surface area contributed by atoms with Gasteiger partial charge in [0.25, 0.3) is 0 Å². The minimum absolute atomic E-state index is 0.801. The van der Waals surface area contributed by atoms with Crippen LogP contribution in [0.15, 0.2) is 18.2 Å². The number of rotatable bonds is 5. The molecule has 1 saturated heterocycles. The SMILES string of the molecule is CCCNCc1ccc(N2CCCN(C)CC2)c(C#N)c1. The molecule has 0 spiro atoms. The highest BCUT2D eigenvalue weighted by atomic mass is 15.2. The smallest absolute Gasteiger partial charge is 0.101 e. The Hall–Kier alpha value is -1.57. The molecular formula is C17H26N4. The summed E-state index contributed by atoms with van der Waals surface area (Å²) in [7, 11) is 2.16. The van der Waals surface area contributed by atoms with E-state index in [1.165, 1.54) is 5.56 Å². The molecule has 0 aliphatic carbocycles. The number of nitrogens with one attached hydrogen (secondary N) is 1. The van der Waals surface area contributed by atoms with Crippen LogP contribution in [0.25, 0.3) is 0 Å². The van der Waals surface area contributed by atoms with E-state index in [0.29, 0.717) is 0 Å². The van der Waals surface area contributed by atoms with E-state index in [9.17, 15) is 5.26 Å². The molecule has 1 aliphatic heterocycles. The molecular weight excluding hydrogens is 260 g/mol. The Labute approximate surface area is 128 Å². The van der Waals surface area contributed by atoms with E-state index >= 15 is 0 Å². The van der Waals surface area contributed by atoms with Crippen molar-refractivity contribution in [2.45, 2.75) is 26.3 Å². The zero-order valence-electron chi connectivity index (χ0n) is 13.2. The monoisotopic (exact) mass is 286 g/mol. The molecule has 0 bridgehead atoms. The van der Waals surface area contributed by atoms with Gasteiger partial charge < -0.3 is 15.1 Å². The number of nitriles is 1. The number of nitrogens with zero attached hydrogens (tertiary/aromatic N) is 3. The van der Waals surface area contributed by atoms with Gasteiger partial charge >= 0.3 is 0 Å². The summed E-state index contributed by atoms with van der Waals surface area (Å²) in [4.78, 5) is 4.71. The van der Waals surface area contributed by atoms with Crippen LogP contribution in [0, 0.1) is 11.3 Å². The maximum atomic E-state index is 9.46. The van der Waals surface area contributed by atoms with Crippen molar-refractivity contribution in [1.82, 2.24) is 10.2 Å². The standard InChI is InChI=1S/C17H26N4/c1-3-7-19-14-15-5-6-17(16(12-15)13-18)21-9-4-8-20(2)10-11-21/h5-6,12,19H,3-4,7-11,14H2,1-2H3. The Morgan fingerprint density at radius 2 is 2.10 bits per heavy atom. The van der Waals surface area contributed by atoms with Crippen molar-refractivity contribution in [2.75, 3.05) is 44.7 Å². The highest BCUT2D eigenvalue weighted by Gasteiger charge is 2.15. The van der Waals surface area contributed by atoms with Crippen LogP contribution >= 0.6 is 0 Å². The van der Waals surface area contributed by atoms with E-state index in [4.69, 9.17) is 0 Å². The van der Waals surface area contributed by atoms with Crippen molar-refractivity contribution < 1.29 is 0 Å². The van der Waals surface area contributed by atoms with Crippen LogP contribution in [0.5, 0.6) is 0 Å². The fourth-order valence-electron chi connectivity index (χ4n) is 2.76. The summed E-state index contributed by atoms with van der Waals surface area (Å²) in [6, 6.07) is 8.67. The third-order valence-corrected chi connectivity index (χ3v) is 4.00. The fourth-order valence-corrected chi connectivity index (χ4v) is 2.76. The molecule has 1 heterocycles. The molecule has 1 N–H and O–H groups in total. The Bertz CT molecular complexity index is 492. The van der Waals surface area contributed by atoms with E-state index < -0.39 is 0 Å². The van der Waals surface area contributed by atoms with Gasteiger partial charge in [-0.25, -0.2) is 0 Å². The summed E-state index contributed by atoms with van der Waals surface area (Å²) in [5, 5.41) is 12.8. The summed E-state index contributed by atoms with van der Waals surface area (Å²) in [6.07, 6.45) is 2.28. The van der Waals surface area contributed by atoms with E-state index in [-0.39, 0.29) is 0 Å². The predicted molar refractivity (Wildman–Crippen MR) is 87.5 cm³/mol. The summed E-state index contributed by atoms with van der Waals surface area (Å²) in [5.74, 6) is 0. The molecule has 0 saturated carbocycles. The molecule has 0 radical (unpaired) electrons. The van der Waals surface area contributed by atoms with E-state index in [1.54, 1.807) is 0 Å². The molecule has 114 valence electrons. The number of hydrogen-bond donors (Lipinski definition) is 1. The summed E-state index contributed by atoms with van der Waals surface area (Å²) in [5.41, 5.74) is 3.08. The van der Waals surface area contributed by atoms with Crippen LogP contribution in [-0.4, -0.2) is 44.7 Å². The molecule has 1 aromatic rings. The van der Waals surface area contributed by atoms with Crippen LogP contribution in [0.1, 0.15) is 30.9 Å². The summed E-state index contributed by atoms with van der Waals surface area (Å²) >= 11 is 0. The van der Waals surface area contributed by atoms with Gasteiger partial charge in [-0.3, -0.25) is 0 Å². The predicted octanol–water partition coefficient (Wildman–Crippen LogP) is 2.20. The van der Waals surface area contributed by atoms with Gasteiger partial charge in [-0.05, 0) is 50.7 Å². The van der Waals surface area contributed by atoms with E-state index in [1.807, 2.05) is 6.07 Å². The van der Waals surface area contributed by atoms with E-state index in [0.717, 1.165) is 63.4 Å². The lowest BCUT2D eigenvalue weighted by molar-refractivity contribution is 0.360. The zero-order chi connectivity index (χ0) is 15.1. The number of hydrogen-bond acceptors (Lipinski definition) is 4. The van der Waals surface area contributed by atoms with Crippen molar-refractivity contribution in [2.24, 2.45) is 0 Å². The average molecular weight is 286 g/mol. The summed E-state index contributed by atoms with van der Waals surface area (Å²) < 4.78 is 0. The second kappa shape index (κ2) is 8.02. The van der Waals surface area contributed by atoms with Gasteiger partial charge in [0.05, 0.1) is 11.3 Å². The van der Waals surface area contributed by atoms with Crippen molar-refractivity contribution >= 4 is 5.69 Å². The van der Waals surface area contributed by atoms with E-state index in [2.05, 4.69) is 47.3 Å². The first-order valence-corrected chi connectivity index (χ1v) is 7.92. The topological polar surface area (TPSA) is 42.3 Å². The Balaban J connectivity index is 2.10. The molecule has 21 heavy (non-hydrogen) atoms. The molecule has 2 rings (SSSR count). The fraction of sp³-hybridized carbons (Fsp3) is 0.588. The molecule has 0 amide bonds. The second-order valence-corrected chi connectivity index (χ2v) is 5.78. The lowest BCUT2D eigenvalue weighted by Crippen LogP contribution is -2.29. The first-order valence-electron chi connectivity index (χ1n) is 7.92. The lowest BCUT2D eigenvalue weighted by atomic mass is 10.1. The highest BCUT2D eigenvalue weighted by molar-refractivity contribution is 5.60. The van der Waals surface area contributed by atoms with Crippen LogP contribution in [-0.2, 0) is 6.54 Å². The number of likely N-dealkylation sites (N-methyl/N-ethyl adjacent to an activating group) is 1. The molecule has 1 fully saturated rings. The first kappa shape index (κ1) is 15.8. The normalized spacial score (nSPS) is 16.5. The zero-order valence-corrected chi connectivity index (χ0v) is 13.2. The highest BCUT2D eigenvalue weighted by Crippen LogP contribution is 2.22. The van der Waals surface area contributed by atoms with Gasteiger partial charge in [0, 0.05) is 26.2 Å². The minimum atomic E-state index is 0.801. The van der Waals surface area contributed by atoms with Gasteiger partial charge in [0.15, 0.2) is 0 Å². The van der Waals surface area contributed by atoms with Crippen molar-refractivity contribution in [1.29, 1.82) is 5.26 Å². The maximum Gasteiger partial charge on any atom is 0.101 e. The van der Waals surface area contributed by atoms with Gasteiger partial charge in [0.1, 0.15) is 6.07 Å². The molecule has 1 aliphatic rings. The third kappa shape index (κ3) is 4.45. The van der Waals surface area contributed by atoms with Crippen molar-refractivity contribution in [3.8, 4) is 6.07 Å². The molecule has 0 unspecified atom stereocenters. The van der Waals surface area contributed by atoms with Gasteiger partial charge in [0.2, 0.25) is 0 Å². The third-order valence-electron chi connectivity index (χ3n) is 4.00. The quantitative estimate of drug-likeness (QED) is 0.843. The Kier molecular flexibility index (Phi) is 6.04. The minimum Gasteiger partial charge on any atom is -0.369 e. The van der Waals surface area contributed by atoms with Crippen LogP contribution in [0.2, 0.25) is 0 Å². The van der Waals surface area contributed by atoms with Crippen molar-refractivity contribution in [3.05, 3.63) is 29.3 Å². The maximum absolute atomic E-state index is 9.46. The largest absolute Gasteiger partial charge is 0.369 e. The van der Waals surface area contributed by atoms with Crippen molar-refractivity contribution in [3.63, 3.8) is 0 Å². The summed E-state index contributed by atoms with van der Waals surface area (Å²) in [6.45, 7) is 8.24. The molecule has 0 atom stereocenters. The lowest BCUT2D eigenvalue weighted by Gasteiger charge is -2.24. The van der Waals surface area contributed by atoms with Gasteiger partial charge in [-0.2, -0.15) is 5.26 Å². The Morgan fingerprint density at radius 1 is 1.24 bits per heavy atom. The van der Waals surface area contributed by atoms with Gasteiger partial charge in [-0.1, -0.05) is 13.0 Å². The average Bonchev–Trinajstić information content (AvgIpc) is 2.72. The second-order valence-electron chi connectivity index (χ2n) is 5.78. The molecule has 0 aromatic heterocycles. The first-order chi connectivity index (χ1) is 10.2. The number of benzene rings is 1. The molecule has 4 nitrogen and oxygen atoms in total. The van der Waals surface area contributed by atoms with Gasteiger partial charge in [-0.15, -0.1) is 0 Å². The Morgan fingerprint density at radius 3 is 2.86 bits per heavy atom. The van der Waals surface area contributed by atoms with Crippen LogP contribution in [0.4, 0.5) is 5.69 Å². The van der Waals surface area contributed by atoms with Crippen LogP contribution in [0.3, 0.4) is 0 Å². The molecule has 4 heteroatoms. The van der Waals surface area contributed by atoms with Crippen LogP contribution < -0.4 is 10.2 Å². The molecule has 1 aromatic carbocycles. The number of anilines is 1.